The second kappa shape index (κ2) is 14.0. The molecule has 1 amide bonds. The van der Waals surface area contributed by atoms with Gasteiger partial charge in [-0.05, 0) is 41.5 Å². The number of carbonyl (C=O) groups excluding carboxylic acids is 1. The van der Waals surface area contributed by atoms with E-state index in [1.807, 2.05) is 61.7 Å². The van der Waals surface area contributed by atoms with Gasteiger partial charge in [0.15, 0.2) is 5.65 Å². The Morgan fingerprint density at radius 1 is 1.00 bits per heavy atom. The molecule has 12 nitrogen and oxygen atoms in total. The minimum Gasteiger partial charge on any atom is -0.471 e. The number of rotatable bonds is 11. The number of nitrogen functional groups attached to an aromatic ring is 1. The monoisotopic (exact) mass is 749 g/mol. The van der Waals surface area contributed by atoms with Gasteiger partial charge in [0.05, 0.1) is 44.1 Å². The third-order valence-electron chi connectivity index (χ3n) is 7.88. The SMILES string of the molecule is [C-]#[N+]/C(=C\c1cc2sc3cc(N(C)CCOC(=O)NCc4ccc(COc5nc(N)nc6nc[nH]c56)cc4)sc3c2s1)c1nc2ccccc2s1. The van der Waals surface area contributed by atoms with Gasteiger partial charge in [-0.2, -0.15) is 9.97 Å². The molecule has 4 N–H and O–H groups in total. The predicted octanol–water partition coefficient (Wildman–Crippen LogP) is 8.39. The van der Waals surface area contributed by atoms with Gasteiger partial charge in [0, 0.05) is 27.9 Å². The highest BCUT2D eigenvalue weighted by Gasteiger charge is 2.17. The molecule has 8 rings (SSSR count). The Bertz CT molecular complexity index is 2580. The summed E-state index contributed by atoms with van der Waals surface area (Å²) < 4.78 is 17.3. The third kappa shape index (κ3) is 6.92. The zero-order valence-electron chi connectivity index (χ0n) is 26.9. The number of fused-ring (bicyclic) bond motifs is 5. The Balaban J connectivity index is 0.823. The van der Waals surface area contributed by atoms with Crippen molar-refractivity contribution in [1.29, 1.82) is 0 Å². The van der Waals surface area contributed by atoms with Gasteiger partial charge in [0.1, 0.15) is 23.7 Å². The Morgan fingerprint density at radius 2 is 1.80 bits per heavy atom. The summed E-state index contributed by atoms with van der Waals surface area (Å²) in [5, 5.41) is 4.66. The Morgan fingerprint density at radius 3 is 2.65 bits per heavy atom. The maximum atomic E-state index is 12.4. The van der Waals surface area contributed by atoms with Crippen molar-refractivity contribution in [2.24, 2.45) is 0 Å². The summed E-state index contributed by atoms with van der Waals surface area (Å²) in [6, 6.07) is 20.0. The molecule has 6 aromatic heterocycles. The number of ether oxygens (including phenoxy) is 2. The van der Waals surface area contributed by atoms with Crippen LogP contribution < -0.4 is 20.7 Å². The number of likely N-dealkylation sites (N-methyl/N-ethyl adjacent to an activating group) is 1. The summed E-state index contributed by atoms with van der Waals surface area (Å²) in [6.07, 6.45) is 2.98. The molecule has 0 spiro atoms. The summed E-state index contributed by atoms with van der Waals surface area (Å²) in [5.41, 5.74) is 10.1. The Hall–Kier alpha value is -5.60. The smallest absolute Gasteiger partial charge is 0.407 e. The topological polar surface area (TPSA) is 149 Å². The first-order valence-electron chi connectivity index (χ1n) is 15.6. The lowest BCUT2D eigenvalue weighted by atomic mass is 10.1. The number of alkyl carbamates (subject to hydrolysis) is 1. The van der Waals surface area contributed by atoms with Gasteiger partial charge in [-0.15, -0.1) is 45.3 Å². The highest BCUT2D eigenvalue weighted by atomic mass is 32.1. The number of nitrogens with one attached hydrogen (secondary N) is 2. The Kier molecular flexibility index (Phi) is 8.92. The third-order valence-corrected chi connectivity index (χ3v) is 12.8. The lowest BCUT2D eigenvalue weighted by Crippen LogP contribution is -2.28. The molecule has 8 aromatic rings. The van der Waals surface area contributed by atoms with Crippen LogP contribution in [-0.4, -0.2) is 51.2 Å². The fourth-order valence-corrected chi connectivity index (χ4v) is 10.2. The van der Waals surface area contributed by atoms with Crippen LogP contribution in [0.2, 0.25) is 0 Å². The van der Waals surface area contributed by atoms with Crippen molar-refractivity contribution in [2.75, 3.05) is 30.8 Å². The van der Waals surface area contributed by atoms with Crippen LogP contribution in [0.1, 0.15) is 21.0 Å². The molecule has 0 aliphatic carbocycles. The molecule has 0 saturated carbocycles. The number of anilines is 2. The number of aromatic nitrogens is 5. The van der Waals surface area contributed by atoms with Crippen LogP contribution in [0.4, 0.5) is 15.7 Å². The standard InChI is InChI=1S/C35H27N9O3S4/c1-37-23(33-41-22-5-3-4-6-24(22)50-33)13-21-14-25-29(48-21)30-26(49-25)15-27(51-30)44(2)11-12-46-35(45)38-16-19-7-9-20(10-8-19)17-47-32-28-31(40-18-39-28)42-34(36)43-32/h3-10,13-15,18H,11-12,16-17H2,2H3,(H,38,45)(H3,36,39,40,42,43)/b23-13-. The normalized spacial score (nSPS) is 11.8. The van der Waals surface area contributed by atoms with Gasteiger partial charge >= 0.3 is 6.09 Å². The van der Waals surface area contributed by atoms with Crippen molar-refractivity contribution in [3.05, 3.63) is 99.4 Å². The van der Waals surface area contributed by atoms with E-state index < -0.39 is 6.09 Å². The molecule has 0 aliphatic heterocycles. The molecule has 254 valence electrons. The van der Waals surface area contributed by atoms with Crippen LogP contribution in [0.5, 0.6) is 5.88 Å². The molecule has 6 heterocycles. The van der Waals surface area contributed by atoms with E-state index in [1.54, 1.807) is 45.3 Å². The average molecular weight is 750 g/mol. The minimum atomic E-state index is -0.474. The van der Waals surface area contributed by atoms with Crippen molar-refractivity contribution in [3.8, 4) is 5.88 Å². The number of aromatic amines is 1. The number of carbonyl (C=O) groups is 1. The van der Waals surface area contributed by atoms with Crippen molar-refractivity contribution in [3.63, 3.8) is 0 Å². The van der Waals surface area contributed by atoms with Crippen molar-refractivity contribution in [2.45, 2.75) is 13.2 Å². The van der Waals surface area contributed by atoms with Crippen molar-refractivity contribution < 1.29 is 14.3 Å². The number of para-hydroxylation sites is 1. The molecule has 0 radical (unpaired) electrons. The van der Waals surface area contributed by atoms with Gasteiger partial charge < -0.3 is 30.4 Å². The van der Waals surface area contributed by atoms with E-state index in [9.17, 15) is 4.79 Å². The fourth-order valence-electron chi connectivity index (χ4n) is 5.30. The number of benzene rings is 2. The van der Waals surface area contributed by atoms with E-state index in [0.29, 0.717) is 35.8 Å². The highest BCUT2D eigenvalue weighted by Crippen LogP contribution is 2.46. The van der Waals surface area contributed by atoms with E-state index in [0.717, 1.165) is 36.2 Å². The fraction of sp³-hybridized carbons (Fsp3) is 0.143. The molecule has 0 unspecified atom stereocenters. The van der Waals surface area contributed by atoms with Crippen LogP contribution in [-0.2, 0) is 17.9 Å². The maximum absolute atomic E-state index is 12.4. The highest BCUT2D eigenvalue weighted by molar-refractivity contribution is 7.39. The second-order valence-electron chi connectivity index (χ2n) is 11.4. The molecule has 0 bridgehead atoms. The number of thiazole rings is 1. The first-order chi connectivity index (χ1) is 24.9. The van der Waals surface area contributed by atoms with E-state index in [4.69, 9.17) is 21.8 Å². The van der Waals surface area contributed by atoms with Crippen molar-refractivity contribution >= 4 is 114 Å². The molecule has 51 heavy (non-hydrogen) atoms. The van der Waals surface area contributed by atoms with E-state index >= 15 is 0 Å². The molecule has 0 fully saturated rings. The minimum absolute atomic E-state index is 0.0917. The first kappa shape index (κ1) is 32.6. The molecular formula is C35H27N9O3S4. The number of imidazole rings is 1. The van der Waals surface area contributed by atoms with Gasteiger partial charge in [-0.25, -0.2) is 19.6 Å². The van der Waals surface area contributed by atoms with Crippen LogP contribution in [0, 0.1) is 6.57 Å². The number of hydrogen-bond donors (Lipinski definition) is 3. The van der Waals surface area contributed by atoms with Crippen LogP contribution in [0.3, 0.4) is 0 Å². The zero-order valence-corrected chi connectivity index (χ0v) is 30.1. The summed E-state index contributed by atoms with van der Waals surface area (Å²) in [5.74, 6) is 0.429. The zero-order chi connectivity index (χ0) is 34.9. The first-order valence-corrected chi connectivity index (χ1v) is 18.9. The van der Waals surface area contributed by atoms with Gasteiger partial charge in [-0.1, -0.05) is 36.4 Å². The summed E-state index contributed by atoms with van der Waals surface area (Å²) in [7, 11) is 2.00. The van der Waals surface area contributed by atoms with E-state index in [2.05, 4.69) is 52.1 Å². The summed E-state index contributed by atoms with van der Waals surface area (Å²) in [6.45, 7) is 9.20. The van der Waals surface area contributed by atoms with E-state index in [-0.39, 0.29) is 19.2 Å². The number of thiophene rings is 3. The van der Waals surface area contributed by atoms with E-state index in [1.165, 1.54) is 25.1 Å². The summed E-state index contributed by atoms with van der Waals surface area (Å²) in [4.78, 5) is 39.3. The van der Waals surface area contributed by atoms with Crippen LogP contribution >= 0.6 is 45.3 Å². The number of nitrogens with two attached hydrogens (primary N) is 1. The lowest BCUT2D eigenvalue weighted by Gasteiger charge is -2.16. The molecule has 0 saturated heterocycles. The number of nitrogens with zero attached hydrogens (tertiary/aromatic N) is 6. The molecule has 2 aromatic carbocycles. The number of hydrogen-bond acceptors (Lipinski definition) is 13. The molecule has 0 aliphatic rings. The van der Waals surface area contributed by atoms with Crippen molar-refractivity contribution in [1.82, 2.24) is 30.2 Å². The summed E-state index contributed by atoms with van der Waals surface area (Å²) >= 11 is 6.71. The average Bonchev–Trinajstić information content (AvgIpc) is 3.96. The van der Waals surface area contributed by atoms with Crippen LogP contribution in [0.25, 0.3) is 56.8 Å². The number of H-pyrrole nitrogens is 1. The maximum Gasteiger partial charge on any atom is 0.407 e. The lowest BCUT2D eigenvalue weighted by molar-refractivity contribution is 0.148. The van der Waals surface area contributed by atoms with Gasteiger partial charge in [0.25, 0.3) is 0 Å². The second-order valence-corrected chi connectivity index (χ2v) is 15.6. The Labute approximate surface area is 306 Å². The number of amides is 1. The largest absolute Gasteiger partial charge is 0.471 e. The predicted molar refractivity (Wildman–Crippen MR) is 208 cm³/mol. The molecule has 16 heteroatoms. The van der Waals surface area contributed by atoms with Gasteiger partial charge in [0.2, 0.25) is 17.5 Å². The van der Waals surface area contributed by atoms with Gasteiger partial charge in [-0.3, -0.25) is 0 Å². The van der Waals surface area contributed by atoms with Crippen LogP contribution in [0.15, 0.2) is 67.0 Å². The quantitative estimate of drug-likeness (QED) is 0.111. The molecule has 0 atom stereocenters. The molecular weight excluding hydrogens is 723 g/mol.